The molecule has 4 heteroatoms. The molecular weight excluding hydrogens is 180 g/mol. The summed E-state index contributed by atoms with van der Waals surface area (Å²) in [5.41, 5.74) is 5.48. The summed E-state index contributed by atoms with van der Waals surface area (Å²) in [5, 5.41) is 3.14. The Morgan fingerprint density at radius 3 is 2.57 bits per heavy atom. The van der Waals surface area contributed by atoms with Crippen molar-refractivity contribution in [1.82, 2.24) is 0 Å². The zero-order valence-corrected chi connectivity index (χ0v) is 8.70. The third kappa shape index (κ3) is 2.52. The molecule has 0 aromatic carbocycles. The van der Waals surface area contributed by atoms with E-state index in [0.717, 1.165) is 0 Å². The molecule has 0 fully saturated rings. The first kappa shape index (κ1) is 10.6. The van der Waals surface area contributed by atoms with Crippen molar-refractivity contribution in [2.24, 2.45) is 11.7 Å². The van der Waals surface area contributed by atoms with Gasteiger partial charge in [0, 0.05) is 12.1 Å². The molecule has 1 heterocycles. The molecule has 0 saturated carbocycles. The lowest BCUT2D eigenvalue weighted by Crippen LogP contribution is -2.21. The largest absolute Gasteiger partial charge is 0.448 e. The second-order valence-corrected chi connectivity index (χ2v) is 3.74. The fraction of sp³-hybridized carbons (Fsp3) is 0.500. The smallest absolute Gasteiger partial charge is 0.252 e. The Kier molecular flexibility index (Phi) is 3.17. The average molecular weight is 196 g/mol. The molecule has 1 unspecified atom stereocenters. The first-order chi connectivity index (χ1) is 6.50. The molecule has 0 aliphatic heterocycles. The summed E-state index contributed by atoms with van der Waals surface area (Å²) >= 11 is 0. The van der Waals surface area contributed by atoms with Gasteiger partial charge in [0.2, 0.25) is 0 Å². The van der Waals surface area contributed by atoms with Crippen molar-refractivity contribution in [1.29, 1.82) is 0 Å². The van der Waals surface area contributed by atoms with Crippen LogP contribution in [0.25, 0.3) is 0 Å². The lowest BCUT2D eigenvalue weighted by atomic mass is 10.1. The van der Waals surface area contributed by atoms with Crippen molar-refractivity contribution in [2.45, 2.75) is 26.8 Å². The molecule has 1 aromatic heterocycles. The highest BCUT2D eigenvalue weighted by Crippen LogP contribution is 2.15. The van der Waals surface area contributed by atoms with Gasteiger partial charge in [-0.25, -0.2) is 0 Å². The molecule has 1 amide bonds. The molecule has 1 atom stereocenters. The standard InChI is InChI=1S/C10H16N2O2/c1-6(2)7(3)12-9-4-8(5-14-9)10(11)13/h4-7,12H,1-3H3,(H2,11,13). The summed E-state index contributed by atoms with van der Waals surface area (Å²) in [6, 6.07) is 1.91. The molecule has 0 spiro atoms. The van der Waals surface area contributed by atoms with Crippen molar-refractivity contribution in [2.75, 3.05) is 5.32 Å². The van der Waals surface area contributed by atoms with Gasteiger partial charge in [0.15, 0.2) is 5.88 Å². The van der Waals surface area contributed by atoms with E-state index in [9.17, 15) is 4.79 Å². The molecule has 78 valence electrons. The van der Waals surface area contributed by atoms with Gasteiger partial charge in [0.1, 0.15) is 6.26 Å². The minimum atomic E-state index is -0.473. The van der Waals surface area contributed by atoms with Crippen molar-refractivity contribution < 1.29 is 9.21 Å². The fourth-order valence-electron chi connectivity index (χ4n) is 0.932. The Balaban J connectivity index is 2.64. The molecule has 1 aromatic rings. The van der Waals surface area contributed by atoms with Crippen LogP contribution in [0.5, 0.6) is 0 Å². The van der Waals surface area contributed by atoms with Crippen LogP contribution in [0.15, 0.2) is 16.7 Å². The number of carbonyl (C=O) groups is 1. The summed E-state index contributed by atoms with van der Waals surface area (Å²) in [7, 11) is 0. The Labute approximate surface area is 83.5 Å². The van der Waals surface area contributed by atoms with Crippen LogP contribution in [0.3, 0.4) is 0 Å². The number of carbonyl (C=O) groups excluding carboxylic acids is 1. The average Bonchev–Trinajstić information content (AvgIpc) is 2.52. The van der Waals surface area contributed by atoms with E-state index in [4.69, 9.17) is 10.2 Å². The molecule has 0 aliphatic carbocycles. The van der Waals surface area contributed by atoms with Crippen LogP contribution in [0.1, 0.15) is 31.1 Å². The van der Waals surface area contributed by atoms with Crippen LogP contribution in [0.2, 0.25) is 0 Å². The Morgan fingerprint density at radius 1 is 1.50 bits per heavy atom. The molecular formula is C10H16N2O2. The predicted octanol–water partition coefficient (Wildman–Crippen LogP) is 1.83. The zero-order chi connectivity index (χ0) is 10.7. The molecule has 1 rings (SSSR count). The molecule has 0 bridgehead atoms. The number of hydrogen-bond donors (Lipinski definition) is 2. The number of anilines is 1. The monoisotopic (exact) mass is 196 g/mol. The molecule has 14 heavy (non-hydrogen) atoms. The van der Waals surface area contributed by atoms with E-state index in [2.05, 4.69) is 26.1 Å². The van der Waals surface area contributed by atoms with Crippen molar-refractivity contribution in [3.05, 3.63) is 17.9 Å². The highest BCUT2D eigenvalue weighted by molar-refractivity contribution is 5.93. The van der Waals surface area contributed by atoms with Crippen molar-refractivity contribution in [3.8, 4) is 0 Å². The number of furan rings is 1. The number of hydrogen-bond acceptors (Lipinski definition) is 3. The quantitative estimate of drug-likeness (QED) is 0.772. The number of primary amides is 1. The van der Waals surface area contributed by atoms with Gasteiger partial charge in [0.25, 0.3) is 5.91 Å². The van der Waals surface area contributed by atoms with Crippen LogP contribution in [0, 0.1) is 5.92 Å². The van der Waals surface area contributed by atoms with Gasteiger partial charge in [-0.2, -0.15) is 0 Å². The second kappa shape index (κ2) is 4.17. The van der Waals surface area contributed by atoms with Gasteiger partial charge >= 0.3 is 0 Å². The molecule has 0 radical (unpaired) electrons. The minimum Gasteiger partial charge on any atom is -0.448 e. The lowest BCUT2D eigenvalue weighted by Gasteiger charge is -2.16. The Bertz CT molecular complexity index is 318. The van der Waals surface area contributed by atoms with E-state index in [1.165, 1.54) is 6.26 Å². The van der Waals surface area contributed by atoms with E-state index in [1.54, 1.807) is 6.07 Å². The number of nitrogens with two attached hydrogens (primary N) is 1. The van der Waals surface area contributed by atoms with Crippen LogP contribution in [-0.2, 0) is 0 Å². The normalized spacial score (nSPS) is 12.9. The van der Waals surface area contributed by atoms with Gasteiger partial charge in [-0.15, -0.1) is 0 Å². The third-order valence-electron chi connectivity index (χ3n) is 2.25. The molecule has 0 aliphatic rings. The first-order valence-corrected chi connectivity index (χ1v) is 4.65. The fourth-order valence-corrected chi connectivity index (χ4v) is 0.932. The van der Waals surface area contributed by atoms with Gasteiger partial charge in [-0.1, -0.05) is 13.8 Å². The van der Waals surface area contributed by atoms with Crippen LogP contribution >= 0.6 is 0 Å². The van der Waals surface area contributed by atoms with Crippen molar-refractivity contribution in [3.63, 3.8) is 0 Å². The summed E-state index contributed by atoms with van der Waals surface area (Å²) in [5.74, 6) is 0.608. The lowest BCUT2D eigenvalue weighted by molar-refractivity contribution is 0.0999. The maximum absolute atomic E-state index is 10.8. The maximum atomic E-state index is 10.8. The number of rotatable bonds is 4. The van der Waals surface area contributed by atoms with E-state index in [-0.39, 0.29) is 0 Å². The zero-order valence-electron chi connectivity index (χ0n) is 8.70. The number of nitrogens with one attached hydrogen (secondary N) is 1. The molecule has 3 N–H and O–H groups in total. The predicted molar refractivity (Wildman–Crippen MR) is 55.1 cm³/mol. The van der Waals surface area contributed by atoms with Gasteiger partial charge in [-0.05, 0) is 12.8 Å². The molecule has 0 saturated heterocycles. The van der Waals surface area contributed by atoms with Gasteiger partial charge in [-0.3, -0.25) is 4.79 Å². The van der Waals surface area contributed by atoms with E-state index in [0.29, 0.717) is 23.4 Å². The highest BCUT2D eigenvalue weighted by Gasteiger charge is 2.10. The topological polar surface area (TPSA) is 68.3 Å². The first-order valence-electron chi connectivity index (χ1n) is 4.65. The minimum absolute atomic E-state index is 0.293. The van der Waals surface area contributed by atoms with Crippen LogP contribution in [0.4, 0.5) is 5.88 Å². The van der Waals surface area contributed by atoms with E-state index >= 15 is 0 Å². The Hall–Kier alpha value is -1.45. The van der Waals surface area contributed by atoms with Crippen LogP contribution < -0.4 is 11.1 Å². The van der Waals surface area contributed by atoms with E-state index in [1.807, 2.05) is 0 Å². The summed E-state index contributed by atoms with van der Waals surface area (Å²) < 4.78 is 5.13. The maximum Gasteiger partial charge on any atom is 0.252 e. The third-order valence-corrected chi connectivity index (χ3v) is 2.25. The van der Waals surface area contributed by atoms with E-state index < -0.39 is 5.91 Å². The van der Waals surface area contributed by atoms with Gasteiger partial charge < -0.3 is 15.5 Å². The summed E-state index contributed by atoms with van der Waals surface area (Å²) in [6.07, 6.45) is 1.36. The second-order valence-electron chi connectivity index (χ2n) is 3.74. The summed E-state index contributed by atoms with van der Waals surface area (Å²) in [6.45, 7) is 6.27. The van der Waals surface area contributed by atoms with Crippen LogP contribution in [-0.4, -0.2) is 11.9 Å². The highest BCUT2D eigenvalue weighted by atomic mass is 16.3. The number of amides is 1. The molecule has 4 nitrogen and oxygen atoms in total. The SMILES string of the molecule is CC(C)C(C)Nc1cc(C(N)=O)co1. The summed E-state index contributed by atoms with van der Waals surface area (Å²) in [4.78, 5) is 10.8. The Morgan fingerprint density at radius 2 is 2.14 bits per heavy atom. The van der Waals surface area contributed by atoms with Gasteiger partial charge in [0.05, 0.1) is 5.56 Å². The van der Waals surface area contributed by atoms with Crippen molar-refractivity contribution >= 4 is 11.8 Å².